The molecule has 1 aliphatic rings. The van der Waals surface area contributed by atoms with Gasteiger partial charge in [0.15, 0.2) is 6.10 Å². The van der Waals surface area contributed by atoms with Gasteiger partial charge in [-0.3, -0.25) is 0 Å². The fraction of sp³-hybridized carbons (Fsp3) is 0.625. The molecule has 2 unspecified atom stereocenters. The van der Waals surface area contributed by atoms with Gasteiger partial charge in [-0.05, 0) is 12.8 Å². The van der Waals surface area contributed by atoms with Crippen molar-refractivity contribution in [2.75, 3.05) is 6.61 Å². The number of rotatable bonds is 2. The molecule has 5 heteroatoms. The third-order valence-corrected chi connectivity index (χ3v) is 1.80. The highest BCUT2D eigenvalue weighted by atomic mass is 19.1. The zero-order chi connectivity index (χ0) is 9.90. The number of carbonyl (C=O) groups is 1. The molecular weight excluding hydrogens is 179 g/mol. The lowest BCUT2D eigenvalue weighted by molar-refractivity contribution is -0.177. The Morgan fingerprint density at radius 2 is 2.46 bits per heavy atom. The largest absolute Gasteiger partial charge is 0.511 e. The molecule has 0 amide bonds. The van der Waals surface area contributed by atoms with E-state index in [9.17, 15) is 9.18 Å². The SMILES string of the molecule is CC1OC(=O)OC1(C)OCC#CF. The van der Waals surface area contributed by atoms with Crippen LogP contribution in [0.2, 0.25) is 0 Å². The van der Waals surface area contributed by atoms with Crippen molar-refractivity contribution in [2.24, 2.45) is 0 Å². The molecule has 1 heterocycles. The molecule has 4 nitrogen and oxygen atoms in total. The summed E-state index contributed by atoms with van der Waals surface area (Å²) in [7, 11) is 0. The molecule has 2 atom stereocenters. The predicted molar refractivity (Wildman–Crippen MR) is 40.3 cm³/mol. The van der Waals surface area contributed by atoms with Crippen molar-refractivity contribution < 1.29 is 23.4 Å². The van der Waals surface area contributed by atoms with Crippen molar-refractivity contribution in [1.29, 1.82) is 0 Å². The fourth-order valence-corrected chi connectivity index (χ4v) is 0.877. The minimum absolute atomic E-state index is 0.145. The molecule has 72 valence electrons. The van der Waals surface area contributed by atoms with E-state index in [0.717, 1.165) is 0 Å². The Kier molecular flexibility index (Phi) is 2.73. The van der Waals surface area contributed by atoms with Crippen LogP contribution in [0.1, 0.15) is 13.8 Å². The van der Waals surface area contributed by atoms with Gasteiger partial charge in [-0.2, -0.15) is 0 Å². The van der Waals surface area contributed by atoms with Gasteiger partial charge in [-0.25, -0.2) is 4.79 Å². The lowest BCUT2D eigenvalue weighted by atomic mass is 10.2. The number of carbonyl (C=O) groups excluding carboxylic acids is 1. The first kappa shape index (κ1) is 9.81. The highest BCUT2D eigenvalue weighted by molar-refractivity contribution is 5.62. The summed E-state index contributed by atoms with van der Waals surface area (Å²) >= 11 is 0. The van der Waals surface area contributed by atoms with Crippen molar-refractivity contribution in [3.05, 3.63) is 0 Å². The van der Waals surface area contributed by atoms with Gasteiger partial charge in [-0.1, -0.05) is 0 Å². The van der Waals surface area contributed by atoms with Gasteiger partial charge in [0.2, 0.25) is 0 Å². The number of hydrogen-bond acceptors (Lipinski definition) is 4. The minimum Gasteiger partial charge on any atom is -0.424 e. The summed E-state index contributed by atoms with van der Waals surface area (Å²) in [4.78, 5) is 10.7. The number of ether oxygens (including phenoxy) is 3. The highest BCUT2D eigenvalue weighted by Crippen LogP contribution is 2.27. The lowest BCUT2D eigenvalue weighted by Crippen LogP contribution is -2.37. The van der Waals surface area contributed by atoms with E-state index in [1.807, 2.05) is 5.92 Å². The lowest BCUT2D eigenvalue weighted by Gasteiger charge is -2.22. The second-order valence-electron chi connectivity index (χ2n) is 2.69. The Balaban J connectivity index is 2.53. The van der Waals surface area contributed by atoms with Crippen LogP contribution in [-0.2, 0) is 14.2 Å². The highest BCUT2D eigenvalue weighted by Gasteiger charge is 2.46. The minimum atomic E-state index is -1.17. The summed E-state index contributed by atoms with van der Waals surface area (Å²) in [5.74, 6) is 0.884. The normalized spacial score (nSPS) is 31.6. The summed E-state index contributed by atoms with van der Waals surface area (Å²) in [6, 6.07) is 0. The molecular formula is C8H9FO4. The molecule has 0 spiro atoms. The summed E-state index contributed by atoms with van der Waals surface area (Å²) < 4.78 is 25.8. The molecule has 0 radical (unpaired) electrons. The molecule has 0 aromatic heterocycles. The van der Waals surface area contributed by atoms with Gasteiger partial charge >= 0.3 is 6.16 Å². The number of hydrogen-bond donors (Lipinski definition) is 0. The monoisotopic (exact) mass is 188 g/mol. The summed E-state index contributed by atoms with van der Waals surface area (Å²) in [5, 5.41) is 0. The van der Waals surface area contributed by atoms with E-state index in [4.69, 9.17) is 9.47 Å². The molecule has 0 aliphatic carbocycles. The Hall–Kier alpha value is -1.28. The molecule has 0 aromatic rings. The van der Waals surface area contributed by atoms with Crippen LogP contribution < -0.4 is 0 Å². The van der Waals surface area contributed by atoms with Gasteiger partial charge in [0.1, 0.15) is 12.8 Å². The predicted octanol–water partition coefficient (Wildman–Crippen LogP) is 1.20. The number of cyclic esters (lactones) is 2. The first-order valence-corrected chi connectivity index (χ1v) is 3.70. The average Bonchev–Trinajstić information content (AvgIpc) is 2.27. The van der Waals surface area contributed by atoms with E-state index < -0.39 is 18.0 Å². The quantitative estimate of drug-likeness (QED) is 0.482. The maximum absolute atomic E-state index is 11.4. The van der Waals surface area contributed by atoms with Crippen LogP contribution in [0, 0.1) is 12.1 Å². The second kappa shape index (κ2) is 3.62. The van der Waals surface area contributed by atoms with Crippen molar-refractivity contribution in [2.45, 2.75) is 25.7 Å². The zero-order valence-corrected chi connectivity index (χ0v) is 7.30. The van der Waals surface area contributed by atoms with Crippen LogP contribution in [0.3, 0.4) is 0 Å². The molecule has 1 saturated heterocycles. The second-order valence-corrected chi connectivity index (χ2v) is 2.69. The van der Waals surface area contributed by atoms with E-state index in [0.29, 0.717) is 0 Å². The Morgan fingerprint density at radius 3 is 2.92 bits per heavy atom. The standard InChI is InChI=1S/C8H9FO4/c1-6-8(2,11-5-3-4-9)13-7(10)12-6/h6H,5H2,1-2H3. The molecule has 0 bridgehead atoms. The van der Waals surface area contributed by atoms with Crippen LogP contribution in [0.4, 0.5) is 9.18 Å². The van der Waals surface area contributed by atoms with Gasteiger partial charge in [-0.15, -0.1) is 4.39 Å². The maximum atomic E-state index is 11.4. The van der Waals surface area contributed by atoms with E-state index in [-0.39, 0.29) is 6.61 Å². The van der Waals surface area contributed by atoms with E-state index >= 15 is 0 Å². The molecule has 1 rings (SSSR count). The van der Waals surface area contributed by atoms with Crippen molar-refractivity contribution in [3.8, 4) is 12.1 Å². The fourth-order valence-electron chi connectivity index (χ4n) is 0.877. The van der Waals surface area contributed by atoms with Crippen molar-refractivity contribution >= 4 is 6.16 Å². The van der Waals surface area contributed by atoms with Gasteiger partial charge < -0.3 is 14.2 Å². The van der Waals surface area contributed by atoms with E-state index in [1.165, 1.54) is 13.1 Å². The third kappa shape index (κ3) is 2.10. The van der Waals surface area contributed by atoms with Gasteiger partial charge in [0.25, 0.3) is 5.79 Å². The smallest absolute Gasteiger partial charge is 0.424 e. The van der Waals surface area contributed by atoms with Crippen molar-refractivity contribution in [3.63, 3.8) is 0 Å². The molecule has 0 aromatic carbocycles. The summed E-state index contributed by atoms with van der Waals surface area (Å²) in [6.45, 7) is 3.00. The molecule has 0 saturated carbocycles. The zero-order valence-electron chi connectivity index (χ0n) is 7.30. The van der Waals surface area contributed by atoms with Gasteiger partial charge in [0.05, 0.1) is 0 Å². The molecule has 1 aliphatic heterocycles. The third-order valence-electron chi connectivity index (χ3n) is 1.80. The molecule has 13 heavy (non-hydrogen) atoms. The molecule has 0 N–H and O–H groups in total. The first-order valence-electron chi connectivity index (χ1n) is 3.70. The van der Waals surface area contributed by atoms with Crippen LogP contribution in [-0.4, -0.2) is 24.7 Å². The number of halogens is 1. The summed E-state index contributed by atoms with van der Waals surface area (Å²) in [5.41, 5.74) is 0. The van der Waals surface area contributed by atoms with Crippen LogP contribution >= 0.6 is 0 Å². The summed E-state index contributed by atoms with van der Waals surface area (Å²) in [6.07, 6.45) is -0.137. The van der Waals surface area contributed by atoms with Crippen LogP contribution in [0.5, 0.6) is 0 Å². The maximum Gasteiger partial charge on any atom is 0.511 e. The topological polar surface area (TPSA) is 44.8 Å². The van der Waals surface area contributed by atoms with E-state index in [2.05, 4.69) is 4.74 Å². The Labute approximate surface area is 75.0 Å². The Morgan fingerprint density at radius 1 is 1.77 bits per heavy atom. The van der Waals surface area contributed by atoms with E-state index in [1.54, 1.807) is 6.92 Å². The van der Waals surface area contributed by atoms with Crippen molar-refractivity contribution in [1.82, 2.24) is 0 Å². The molecule has 1 fully saturated rings. The Bertz CT molecular complexity index is 267. The van der Waals surface area contributed by atoms with Crippen LogP contribution in [0.15, 0.2) is 0 Å². The first-order chi connectivity index (χ1) is 6.08. The van der Waals surface area contributed by atoms with Crippen LogP contribution in [0.25, 0.3) is 0 Å². The average molecular weight is 188 g/mol. The van der Waals surface area contributed by atoms with Gasteiger partial charge in [0, 0.05) is 6.92 Å².